The van der Waals surface area contributed by atoms with Gasteiger partial charge in [0.15, 0.2) is 0 Å². The van der Waals surface area contributed by atoms with Gasteiger partial charge in [0.2, 0.25) is 17.7 Å². The van der Waals surface area contributed by atoms with Crippen LogP contribution in [0.15, 0.2) is 24.3 Å². The van der Waals surface area contributed by atoms with E-state index >= 15 is 0 Å². The SMILES string of the molecule is O=C(CCN1C(=O)C2CCCCC2C1=O)Nc1ccc([N+](=O)[O-])cc1. The Kier molecular flexibility index (Phi) is 4.78. The summed E-state index contributed by atoms with van der Waals surface area (Å²) in [4.78, 5) is 48.0. The maximum Gasteiger partial charge on any atom is 0.269 e. The zero-order chi connectivity index (χ0) is 18.0. The summed E-state index contributed by atoms with van der Waals surface area (Å²) in [7, 11) is 0. The topological polar surface area (TPSA) is 110 Å². The smallest absolute Gasteiger partial charge is 0.269 e. The molecule has 0 aromatic heterocycles. The van der Waals surface area contributed by atoms with Crippen LogP contribution in [-0.2, 0) is 14.4 Å². The summed E-state index contributed by atoms with van der Waals surface area (Å²) in [5.41, 5.74) is 0.372. The Morgan fingerprint density at radius 3 is 2.20 bits per heavy atom. The van der Waals surface area contributed by atoms with Crippen molar-refractivity contribution in [3.63, 3.8) is 0 Å². The van der Waals surface area contributed by atoms with E-state index in [1.165, 1.54) is 29.2 Å². The van der Waals surface area contributed by atoms with E-state index in [0.29, 0.717) is 5.69 Å². The van der Waals surface area contributed by atoms with E-state index < -0.39 is 4.92 Å². The number of anilines is 1. The first-order valence-electron chi connectivity index (χ1n) is 8.37. The molecule has 25 heavy (non-hydrogen) atoms. The molecule has 0 radical (unpaired) electrons. The molecule has 2 atom stereocenters. The summed E-state index contributed by atoms with van der Waals surface area (Å²) in [5, 5.41) is 13.2. The number of carbonyl (C=O) groups excluding carboxylic acids is 3. The largest absolute Gasteiger partial charge is 0.326 e. The van der Waals surface area contributed by atoms with Crippen molar-refractivity contribution < 1.29 is 19.3 Å². The number of imide groups is 1. The van der Waals surface area contributed by atoms with Crippen LogP contribution in [0.2, 0.25) is 0 Å². The van der Waals surface area contributed by atoms with Gasteiger partial charge in [0.25, 0.3) is 5.69 Å². The van der Waals surface area contributed by atoms with Gasteiger partial charge in [-0.15, -0.1) is 0 Å². The molecule has 1 aromatic rings. The lowest BCUT2D eigenvalue weighted by atomic mass is 9.81. The summed E-state index contributed by atoms with van der Waals surface area (Å²) in [6.45, 7) is 0.0729. The van der Waals surface area contributed by atoms with Crippen molar-refractivity contribution in [1.29, 1.82) is 0 Å². The molecule has 8 heteroatoms. The van der Waals surface area contributed by atoms with Crippen molar-refractivity contribution in [3.05, 3.63) is 34.4 Å². The fourth-order valence-electron chi connectivity index (χ4n) is 3.55. The van der Waals surface area contributed by atoms with Gasteiger partial charge in [-0.25, -0.2) is 0 Å². The van der Waals surface area contributed by atoms with Crippen molar-refractivity contribution in [2.45, 2.75) is 32.1 Å². The highest BCUT2D eigenvalue weighted by atomic mass is 16.6. The molecule has 3 amide bonds. The lowest BCUT2D eigenvalue weighted by Gasteiger charge is -2.19. The summed E-state index contributed by atoms with van der Waals surface area (Å²) >= 11 is 0. The van der Waals surface area contributed by atoms with Gasteiger partial charge >= 0.3 is 0 Å². The fraction of sp³-hybridized carbons (Fsp3) is 0.471. The van der Waals surface area contributed by atoms with E-state index in [1.807, 2.05) is 0 Å². The zero-order valence-electron chi connectivity index (χ0n) is 13.6. The highest BCUT2D eigenvalue weighted by molar-refractivity contribution is 6.05. The van der Waals surface area contributed by atoms with Crippen molar-refractivity contribution in [3.8, 4) is 0 Å². The average Bonchev–Trinajstić information content (AvgIpc) is 2.85. The first-order chi connectivity index (χ1) is 12.0. The lowest BCUT2D eigenvalue weighted by molar-refractivity contribution is -0.384. The number of nitro groups is 1. The lowest BCUT2D eigenvalue weighted by Crippen LogP contribution is -2.34. The molecule has 2 fully saturated rings. The van der Waals surface area contributed by atoms with Gasteiger partial charge in [0.1, 0.15) is 0 Å². The highest BCUT2D eigenvalue weighted by Gasteiger charge is 2.47. The number of amides is 3. The summed E-state index contributed by atoms with van der Waals surface area (Å²) < 4.78 is 0. The molecule has 1 heterocycles. The van der Waals surface area contributed by atoms with Gasteiger partial charge in [-0.1, -0.05) is 12.8 Å². The van der Waals surface area contributed by atoms with E-state index in [0.717, 1.165) is 25.7 Å². The van der Waals surface area contributed by atoms with Crippen LogP contribution in [0.1, 0.15) is 32.1 Å². The number of rotatable bonds is 5. The highest BCUT2D eigenvalue weighted by Crippen LogP contribution is 2.37. The van der Waals surface area contributed by atoms with E-state index in [2.05, 4.69) is 5.32 Å². The Hall–Kier alpha value is -2.77. The summed E-state index contributed by atoms with van der Waals surface area (Å²) in [6.07, 6.45) is 3.44. The Labute approximate surface area is 144 Å². The van der Waals surface area contributed by atoms with E-state index in [1.54, 1.807) is 0 Å². The molecular weight excluding hydrogens is 326 g/mol. The van der Waals surface area contributed by atoms with Crippen LogP contribution in [0.5, 0.6) is 0 Å². The van der Waals surface area contributed by atoms with Crippen molar-refractivity contribution >= 4 is 29.1 Å². The number of hydrogen-bond acceptors (Lipinski definition) is 5. The quantitative estimate of drug-likeness (QED) is 0.499. The number of nitrogens with zero attached hydrogens (tertiary/aromatic N) is 2. The minimum Gasteiger partial charge on any atom is -0.326 e. The number of nitrogens with one attached hydrogen (secondary N) is 1. The van der Waals surface area contributed by atoms with Gasteiger partial charge in [-0.3, -0.25) is 29.4 Å². The molecule has 0 spiro atoms. The Balaban J connectivity index is 1.54. The minimum absolute atomic E-state index is 0.00784. The second kappa shape index (κ2) is 7.00. The predicted octanol–water partition coefficient (Wildman–Crippen LogP) is 2.10. The monoisotopic (exact) mass is 345 g/mol. The second-order valence-electron chi connectivity index (χ2n) is 6.43. The van der Waals surface area contributed by atoms with Gasteiger partial charge in [0.05, 0.1) is 16.8 Å². The molecule has 1 aliphatic heterocycles. The molecule has 132 valence electrons. The predicted molar refractivity (Wildman–Crippen MR) is 88.5 cm³/mol. The third-order valence-electron chi connectivity index (χ3n) is 4.86. The maximum absolute atomic E-state index is 12.3. The molecule has 1 saturated heterocycles. The Bertz CT molecular complexity index is 691. The molecule has 1 N–H and O–H groups in total. The molecule has 3 rings (SSSR count). The molecule has 1 aromatic carbocycles. The van der Waals surface area contributed by atoms with E-state index in [-0.39, 0.29) is 48.2 Å². The van der Waals surface area contributed by atoms with E-state index in [9.17, 15) is 24.5 Å². The first kappa shape index (κ1) is 17.1. The Morgan fingerprint density at radius 1 is 1.12 bits per heavy atom. The molecule has 2 aliphatic rings. The maximum atomic E-state index is 12.3. The van der Waals surface area contributed by atoms with E-state index in [4.69, 9.17) is 0 Å². The third-order valence-corrected chi connectivity index (χ3v) is 4.86. The van der Waals surface area contributed by atoms with Crippen molar-refractivity contribution in [2.75, 3.05) is 11.9 Å². The number of carbonyl (C=O) groups is 3. The van der Waals surface area contributed by atoms with Crippen LogP contribution in [0.4, 0.5) is 11.4 Å². The van der Waals surface area contributed by atoms with Gasteiger partial charge < -0.3 is 5.32 Å². The van der Waals surface area contributed by atoms with Crippen LogP contribution in [0.3, 0.4) is 0 Å². The average molecular weight is 345 g/mol. The zero-order valence-corrected chi connectivity index (χ0v) is 13.6. The first-order valence-corrected chi connectivity index (χ1v) is 8.37. The molecule has 2 unspecified atom stereocenters. The van der Waals surface area contributed by atoms with Crippen LogP contribution in [0, 0.1) is 22.0 Å². The third kappa shape index (κ3) is 3.52. The molecule has 0 bridgehead atoms. The Morgan fingerprint density at radius 2 is 1.68 bits per heavy atom. The molecule has 1 saturated carbocycles. The molecule has 1 aliphatic carbocycles. The summed E-state index contributed by atoms with van der Waals surface area (Å²) in [5.74, 6) is -1.07. The van der Waals surface area contributed by atoms with Gasteiger partial charge in [-0.05, 0) is 25.0 Å². The van der Waals surface area contributed by atoms with Crippen LogP contribution < -0.4 is 5.32 Å². The van der Waals surface area contributed by atoms with Crippen LogP contribution in [-0.4, -0.2) is 34.1 Å². The number of nitro benzene ring substituents is 1. The van der Waals surface area contributed by atoms with Crippen LogP contribution in [0.25, 0.3) is 0 Å². The van der Waals surface area contributed by atoms with Gasteiger partial charge in [0, 0.05) is 30.8 Å². The minimum atomic E-state index is -0.518. The molecule has 8 nitrogen and oxygen atoms in total. The molecular formula is C17H19N3O5. The standard InChI is InChI=1S/C17H19N3O5/c21-15(18-11-5-7-12(8-6-11)20(24)25)9-10-19-16(22)13-3-1-2-4-14(13)17(19)23/h5-8,13-14H,1-4,9-10H2,(H,18,21). The number of likely N-dealkylation sites (tertiary alicyclic amines) is 1. The normalized spacial score (nSPS) is 22.6. The second-order valence-corrected chi connectivity index (χ2v) is 6.43. The number of benzene rings is 1. The van der Waals surface area contributed by atoms with Crippen molar-refractivity contribution in [1.82, 2.24) is 4.90 Å². The number of non-ortho nitro benzene ring substituents is 1. The number of hydrogen-bond donors (Lipinski definition) is 1. The van der Waals surface area contributed by atoms with Crippen molar-refractivity contribution in [2.24, 2.45) is 11.8 Å². The summed E-state index contributed by atoms with van der Waals surface area (Å²) in [6, 6.07) is 5.48. The van der Waals surface area contributed by atoms with Gasteiger partial charge in [-0.2, -0.15) is 0 Å². The number of fused-ring (bicyclic) bond motifs is 1. The van der Waals surface area contributed by atoms with Crippen LogP contribution >= 0.6 is 0 Å². The fourth-order valence-corrected chi connectivity index (χ4v) is 3.55.